The fourth-order valence-electron chi connectivity index (χ4n) is 1.56. The number of aromatic nitrogens is 1. The molecule has 24 heavy (non-hydrogen) atoms. The number of ether oxygens (including phenoxy) is 2. The van der Waals surface area contributed by atoms with Crippen molar-refractivity contribution in [3.8, 4) is 5.75 Å². The third kappa shape index (κ3) is 5.56. The van der Waals surface area contributed by atoms with Gasteiger partial charge in [-0.1, -0.05) is 46.9 Å². The lowest BCUT2D eigenvalue weighted by Crippen LogP contribution is -2.24. The smallest absolute Gasteiger partial charge is 0.344 e. The molecule has 0 spiro atoms. The Bertz CT molecular complexity index is 755. The summed E-state index contributed by atoms with van der Waals surface area (Å²) in [5.41, 5.74) is 0. The van der Waals surface area contributed by atoms with Crippen LogP contribution < -0.4 is 10.1 Å². The third-order valence-corrected chi connectivity index (χ3v) is 3.42. The Labute approximate surface area is 152 Å². The van der Waals surface area contributed by atoms with Crippen LogP contribution in [0.2, 0.25) is 15.1 Å². The Morgan fingerprint density at radius 3 is 2.54 bits per heavy atom. The normalized spacial score (nSPS) is 10.1. The van der Waals surface area contributed by atoms with E-state index in [9.17, 15) is 9.59 Å². The van der Waals surface area contributed by atoms with E-state index in [-0.39, 0.29) is 17.4 Å². The highest BCUT2D eigenvalue weighted by Gasteiger charge is 2.12. The van der Waals surface area contributed by atoms with Crippen LogP contribution in [-0.4, -0.2) is 30.1 Å². The maximum absolute atomic E-state index is 11.7. The summed E-state index contributed by atoms with van der Waals surface area (Å²) < 4.78 is 9.98. The molecule has 9 heteroatoms. The zero-order valence-corrected chi connectivity index (χ0v) is 14.4. The number of benzene rings is 1. The van der Waals surface area contributed by atoms with Gasteiger partial charge in [0.25, 0.3) is 5.91 Å². The zero-order chi connectivity index (χ0) is 17.5. The molecule has 0 saturated heterocycles. The molecule has 1 heterocycles. The van der Waals surface area contributed by atoms with Gasteiger partial charge in [-0.05, 0) is 18.2 Å². The van der Waals surface area contributed by atoms with E-state index in [0.29, 0.717) is 15.8 Å². The first kappa shape index (κ1) is 18.3. The van der Waals surface area contributed by atoms with Crippen LogP contribution in [0.4, 0.5) is 5.82 Å². The van der Waals surface area contributed by atoms with E-state index in [4.69, 9.17) is 44.3 Å². The van der Waals surface area contributed by atoms with Gasteiger partial charge in [0.05, 0.1) is 15.1 Å². The minimum absolute atomic E-state index is 0.120. The Hall–Kier alpha value is -2.02. The van der Waals surface area contributed by atoms with Crippen molar-refractivity contribution in [1.82, 2.24) is 4.98 Å². The summed E-state index contributed by atoms with van der Waals surface area (Å²) in [6, 6.07) is 8.10. The molecule has 0 saturated carbocycles. The van der Waals surface area contributed by atoms with Gasteiger partial charge in [-0.25, -0.2) is 9.78 Å². The first-order chi connectivity index (χ1) is 11.5. The monoisotopic (exact) mass is 388 g/mol. The second-order valence-corrected chi connectivity index (χ2v) is 5.66. The second-order valence-electron chi connectivity index (χ2n) is 4.41. The highest BCUT2D eigenvalue weighted by atomic mass is 35.5. The lowest BCUT2D eigenvalue weighted by atomic mass is 10.3. The number of pyridine rings is 1. The number of hydrogen-bond donors (Lipinski definition) is 1. The first-order valence-corrected chi connectivity index (χ1v) is 7.73. The second kappa shape index (κ2) is 8.73. The van der Waals surface area contributed by atoms with Crippen molar-refractivity contribution < 1.29 is 19.1 Å². The van der Waals surface area contributed by atoms with Gasteiger partial charge >= 0.3 is 5.97 Å². The van der Waals surface area contributed by atoms with Gasteiger partial charge < -0.3 is 14.8 Å². The molecule has 0 aliphatic carbocycles. The molecule has 0 aliphatic heterocycles. The number of carbonyl (C=O) groups excluding carboxylic acids is 2. The van der Waals surface area contributed by atoms with Crippen molar-refractivity contribution in [3.63, 3.8) is 0 Å². The van der Waals surface area contributed by atoms with E-state index in [1.165, 1.54) is 12.3 Å². The molecule has 1 aromatic carbocycles. The summed E-state index contributed by atoms with van der Waals surface area (Å²) in [6.07, 6.45) is 1.33. The van der Waals surface area contributed by atoms with Crippen LogP contribution >= 0.6 is 34.8 Å². The van der Waals surface area contributed by atoms with Crippen molar-refractivity contribution in [2.45, 2.75) is 0 Å². The highest BCUT2D eigenvalue weighted by Crippen LogP contribution is 2.23. The number of halogens is 3. The number of hydrogen-bond acceptors (Lipinski definition) is 5. The number of esters is 1. The van der Waals surface area contributed by atoms with E-state index >= 15 is 0 Å². The molecule has 0 unspecified atom stereocenters. The average molecular weight is 390 g/mol. The van der Waals surface area contributed by atoms with E-state index in [0.717, 1.165) is 0 Å². The molecule has 0 bridgehead atoms. The summed E-state index contributed by atoms with van der Waals surface area (Å²) in [5.74, 6) is -0.856. The Balaban J connectivity index is 1.77. The van der Waals surface area contributed by atoms with Gasteiger partial charge in [-0.2, -0.15) is 0 Å². The van der Waals surface area contributed by atoms with Gasteiger partial charge in [0.15, 0.2) is 19.0 Å². The Morgan fingerprint density at radius 2 is 1.83 bits per heavy atom. The highest BCUT2D eigenvalue weighted by molar-refractivity contribution is 6.36. The van der Waals surface area contributed by atoms with Gasteiger partial charge in [0.2, 0.25) is 0 Å². The lowest BCUT2D eigenvalue weighted by molar-refractivity contribution is -0.149. The van der Waals surface area contributed by atoms with Gasteiger partial charge in [0.1, 0.15) is 5.75 Å². The predicted octanol–water partition coefficient (Wildman–Crippen LogP) is 3.60. The summed E-state index contributed by atoms with van der Waals surface area (Å²) >= 11 is 17.4. The molecule has 0 atom stereocenters. The van der Waals surface area contributed by atoms with Gasteiger partial charge in [-0.3, -0.25) is 4.79 Å². The minimum atomic E-state index is -0.722. The summed E-state index contributed by atoms with van der Waals surface area (Å²) in [7, 11) is 0. The maximum atomic E-state index is 11.7. The number of rotatable bonds is 6. The van der Waals surface area contributed by atoms with Crippen LogP contribution in [0.15, 0.2) is 36.5 Å². The predicted molar refractivity (Wildman–Crippen MR) is 90.8 cm³/mol. The summed E-state index contributed by atoms with van der Waals surface area (Å²) in [5, 5.41) is 3.27. The summed E-state index contributed by atoms with van der Waals surface area (Å²) in [4.78, 5) is 27.1. The molecular weight excluding hydrogens is 379 g/mol. The van der Waals surface area contributed by atoms with Crippen molar-refractivity contribution in [3.05, 3.63) is 51.6 Å². The van der Waals surface area contributed by atoms with Crippen molar-refractivity contribution in [1.29, 1.82) is 0 Å². The molecular formula is C15H11Cl3N2O4. The van der Waals surface area contributed by atoms with Crippen LogP contribution in [0, 0.1) is 0 Å². The zero-order valence-electron chi connectivity index (χ0n) is 12.1. The van der Waals surface area contributed by atoms with Crippen LogP contribution in [0.25, 0.3) is 0 Å². The molecule has 1 aromatic heterocycles. The van der Waals surface area contributed by atoms with E-state index in [1.54, 1.807) is 24.3 Å². The Morgan fingerprint density at radius 1 is 1.08 bits per heavy atom. The largest absolute Gasteiger partial charge is 0.480 e. The molecule has 2 rings (SSSR count). The fourth-order valence-corrected chi connectivity index (χ4v) is 2.18. The number of para-hydroxylation sites is 1. The molecule has 1 amide bonds. The maximum Gasteiger partial charge on any atom is 0.344 e. The number of amides is 1. The lowest BCUT2D eigenvalue weighted by Gasteiger charge is -2.09. The molecule has 126 valence electrons. The van der Waals surface area contributed by atoms with Crippen molar-refractivity contribution in [2.75, 3.05) is 18.5 Å². The van der Waals surface area contributed by atoms with Crippen LogP contribution in [-0.2, 0) is 14.3 Å². The minimum Gasteiger partial charge on any atom is -0.480 e. The molecule has 0 aliphatic rings. The number of anilines is 1. The first-order valence-electron chi connectivity index (χ1n) is 6.59. The number of carbonyl (C=O) groups is 2. The SMILES string of the molecule is O=C(COC(=O)COc1ccccc1Cl)Nc1ncc(Cl)cc1Cl. The van der Waals surface area contributed by atoms with Gasteiger partial charge in [-0.15, -0.1) is 0 Å². The standard InChI is InChI=1S/C15H11Cl3N2O4/c16-9-5-11(18)15(19-6-9)20-13(21)7-24-14(22)8-23-12-4-2-1-3-10(12)17/h1-6H,7-8H2,(H,19,20,21). The van der Waals surface area contributed by atoms with Crippen molar-refractivity contribution >= 4 is 52.5 Å². The number of nitrogens with zero attached hydrogens (tertiary/aromatic N) is 1. The average Bonchev–Trinajstić information content (AvgIpc) is 2.55. The molecule has 1 N–H and O–H groups in total. The summed E-state index contributed by atoms with van der Waals surface area (Å²) in [6.45, 7) is -0.887. The van der Waals surface area contributed by atoms with Crippen molar-refractivity contribution in [2.24, 2.45) is 0 Å². The molecule has 0 radical (unpaired) electrons. The molecule has 2 aromatic rings. The third-order valence-electron chi connectivity index (χ3n) is 2.61. The number of nitrogens with one attached hydrogen (secondary N) is 1. The van der Waals surface area contributed by atoms with Gasteiger partial charge in [0, 0.05) is 6.20 Å². The Kier molecular flexibility index (Phi) is 6.66. The quantitative estimate of drug-likeness (QED) is 0.764. The van der Waals surface area contributed by atoms with Crippen LogP contribution in [0.3, 0.4) is 0 Å². The van der Waals surface area contributed by atoms with E-state index < -0.39 is 18.5 Å². The fraction of sp³-hybridized carbons (Fsp3) is 0.133. The molecule has 6 nitrogen and oxygen atoms in total. The van der Waals surface area contributed by atoms with E-state index in [1.807, 2.05) is 0 Å². The molecule has 0 fully saturated rings. The van der Waals surface area contributed by atoms with Crippen LogP contribution in [0.1, 0.15) is 0 Å². The van der Waals surface area contributed by atoms with E-state index in [2.05, 4.69) is 10.3 Å². The van der Waals surface area contributed by atoms with Crippen LogP contribution in [0.5, 0.6) is 5.75 Å². The topological polar surface area (TPSA) is 77.5 Å².